The maximum atomic E-state index is 13.6. The van der Waals surface area contributed by atoms with Gasteiger partial charge in [0.2, 0.25) is 5.91 Å². The first-order chi connectivity index (χ1) is 15.8. The lowest BCUT2D eigenvalue weighted by Gasteiger charge is -2.55. The van der Waals surface area contributed by atoms with Crippen LogP contribution in [0.25, 0.3) is 11.1 Å². The monoisotopic (exact) mass is 458 g/mol. The van der Waals surface area contributed by atoms with Crippen molar-refractivity contribution in [1.82, 2.24) is 10.8 Å². The van der Waals surface area contributed by atoms with E-state index in [1.165, 1.54) is 43.5 Å². The molecule has 5 nitrogen and oxygen atoms in total. The fourth-order valence-electron chi connectivity index (χ4n) is 6.63. The summed E-state index contributed by atoms with van der Waals surface area (Å²) in [6, 6.07) is 6.78. The summed E-state index contributed by atoms with van der Waals surface area (Å²) in [6.07, 6.45) is 6.04. The van der Waals surface area contributed by atoms with Crippen LogP contribution < -0.4 is 10.8 Å². The summed E-state index contributed by atoms with van der Waals surface area (Å²) in [5, 5.41) is 12.1. The van der Waals surface area contributed by atoms with Crippen molar-refractivity contribution in [3.8, 4) is 11.1 Å². The molecule has 4 fully saturated rings. The summed E-state index contributed by atoms with van der Waals surface area (Å²) in [4.78, 5) is 25.8. The van der Waals surface area contributed by atoms with Crippen LogP contribution in [0.15, 0.2) is 36.4 Å². The number of hydroxylamine groups is 1. The molecule has 33 heavy (non-hydrogen) atoms. The fourth-order valence-corrected chi connectivity index (χ4v) is 6.63. The molecule has 0 aromatic heterocycles. The highest BCUT2D eigenvalue weighted by atomic mass is 19.2. The van der Waals surface area contributed by atoms with Gasteiger partial charge in [-0.15, -0.1) is 0 Å². The summed E-state index contributed by atoms with van der Waals surface area (Å²) >= 11 is 0. The van der Waals surface area contributed by atoms with Gasteiger partial charge in [0.05, 0.1) is 0 Å². The molecular weight excluding hydrogens is 433 g/mol. The van der Waals surface area contributed by atoms with E-state index in [1.807, 2.05) is 0 Å². The van der Waals surface area contributed by atoms with E-state index in [2.05, 4.69) is 5.32 Å². The molecule has 1 atom stereocenters. The van der Waals surface area contributed by atoms with E-state index in [-0.39, 0.29) is 11.5 Å². The second-order valence-corrected chi connectivity index (χ2v) is 9.96. The van der Waals surface area contributed by atoms with Crippen LogP contribution in [0.2, 0.25) is 0 Å². The van der Waals surface area contributed by atoms with Gasteiger partial charge in [-0.05, 0) is 85.1 Å². The highest BCUT2D eigenvalue weighted by Gasteiger charge is 2.55. The molecule has 3 N–H and O–H groups in total. The van der Waals surface area contributed by atoms with Crippen LogP contribution in [0.1, 0.15) is 50.1 Å². The SMILES string of the molecule is O=C(NO)C(NC(=O)C12CC3CC(CC(C3)C1)C2)c1ccc(-c2cc(F)c(F)c(F)c2)cc1. The predicted octanol–water partition coefficient (Wildman–Crippen LogP) is 4.65. The highest BCUT2D eigenvalue weighted by Crippen LogP contribution is 2.60. The third-order valence-corrected chi connectivity index (χ3v) is 7.73. The Balaban J connectivity index is 1.38. The molecule has 8 heteroatoms. The number of carbonyl (C=O) groups is 2. The van der Waals surface area contributed by atoms with Crippen molar-refractivity contribution in [3.63, 3.8) is 0 Å². The van der Waals surface area contributed by atoms with Gasteiger partial charge in [-0.25, -0.2) is 18.7 Å². The molecule has 2 aromatic carbocycles. The molecule has 0 spiro atoms. The lowest BCUT2D eigenvalue weighted by molar-refractivity contribution is -0.149. The van der Waals surface area contributed by atoms with Crippen LogP contribution in [0.5, 0.6) is 0 Å². The molecule has 4 bridgehead atoms. The predicted molar refractivity (Wildman–Crippen MR) is 113 cm³/mol. The minimum atomic E-state index is -1.54. The van der Waals surface area contributed by atoms with Crippen molar-refractivity contribution in [3.05, 3.63) is 59.4 Å². The Morgan fingerprint density at radius 3 is 1.88 bits per heavy atom. The number of benzene rings is 2. The number of amides is 2. The molecule has 0 aliphatic heterocycles. The summed E-state index contributed by atoms with van der Waals surface area (Å²) in [7, 11) is 0. The minimum absolute atomic E-state index is 0.138. The smallest absolute Gasteiger partial charge is 0.270 e. The van der Waals surface area contributed by atoms with Crippen LogP contribution in [0.3, 0.4) is 0 Å². The molecule has 2 amide bonds. The Hall–Kier alpha value is -2.87. The van der Waals surface area contributed by atoms with E-state index in [1.54, 1.807) is 5.48 Å². The number of hydrogen-bond acceptors (Lipinski definition) is 3. The summed E-state index contributed by atoms with van der Waals surface area (Å²) in [5.41, 5.74) is 2.11. The van der Waals surface area contributed by atoms with Crippen LogP contribution in [0.4, 0.5) is 13.2 Å². The average Bonchev–Trinajstić information content (AvgIpc) is 2.79. The van der Waals surface area contributed by atoms with Gasteiger partial charge in [0.15, 0.2) is 17.5 Å². The van der Waals surface area contributed by atoms with Gasteiger partial charge >= 0.3 is 0 Å². The molecular formula is C25H25F3N2O3. The van der Waals surface area contributed by atoms with Crippen molar-refractivity contribution in [1.29, 1.82) is 0 Å². The largest absolute Gasteiger partial charge is 0.340 e. The summed E-state index contributed by atoms with van der Waals surface area (Å²) in [6.45, 7) is 0. The van der Waals surface area contributed by atoms with Gasteiger partial charge < -0.3 is 5.32 Å². The van der Waals surface area contributed by atoms with E-state index in [4.69, 9.17) is 0 Å². The van der Waals surface area contributed by atoms with Crippen molar-refractivity contribution < 1.29 is 28.0 Å². The van der Waals surface area contributed by atoms with Crippen molar-refractivity contribution >= 4 is 11.8 Å². The minimum Gasteiger partial charge on any atom is -0.340 e. The molecule has 4 saturated carbocycles. The normalized spacial score (nSPS) is 28.4. The molecule has 4 aliphatic carbocycles. The molecule has 1 unspecified atom stereocenters. The van der Waals surface area contributed by atoms with E-state index >= 15 is 0 Å². The lowest BCUT2D eigenvalue weighted by atomic mass is 9.49. The van der Waals surface area contributed by atoms with Crippen molar-refractivity contribution in [2.75, 3.05) is 0 Å². The van der Waals surface area contributed by atoms with E-state index in [0.29, 0.717) is 28.9 Å². The molecule has 174 valence electrons. The zero-order chi connectivity index (χ0) is 23.3. The van der Waals surface area contributed by atoms with Crippen molar-refractivity contribution in [2.45, 2.75) is 44.6 Å². The topological polar surface area (TPSA) is 78.4 Å². The van der Waals surface area contributed by atoms with Crippen LogP contribution in [-0.4, -0.2) is 17.0 Å². The summed E-state index contributed by atoms with van der Waals surface area (Å²) in [5.74, 6) is -3.40. The van der Waals surface area contributed by atoms with E-state index in [0.717, 1.165) is 31.4 Å². The first-order valence-corrected chi connectivity index (χ1v) is 11.3. The standard InChI is InChI=1S/C25H25F3N2O3/c26-19-8-18(9-20(27)21(19)28)16-1-3-17(4-2-16)22(23(31)30-33)29-24(32)25-10-13-5-14(11-25)7-15(6-13)12-25/h1-4,8-9,13-15,22,33H,5-7,10-12H2,(H,29,32)(H,30,31). The molecule has 2 aromatic rings. The zero-order valence-corrected chi connectivity index (χ0v) is 17.9. The van der Waals surface area contributed by atoms with Gasteiger partial charge in [-0.1, -0.05) is 24.3 Å². The number of rotatable bonds is 5. The van der Waals surface area contributed by atoms with Gasteiger partial charge in [0.25, 0.3) is 5.91 Å². The van der Waals surface area contributed by atoms with E-state index in [9.17, 15) is 28.0 Å². The second-order valence-electron chi connectivity index (χ2n) is 9.96. The maximum Gasteiger partial charge on any atom is 0.270 e. The van der Waals surface area contributed by atoms with Crippen LogP contribution in [-0.2, 0) is 9.59 Å². The number of hydrogen-bond donors (Lipinski definition) is 3. The van der Waals surface area contributed by atoms with Gasteiger partial charge in [-0.3, -0.25) is 14.8 Å². The molecule has 0 radical (unpaired) electrons. The van der Waals surface area contributed by atoms with Crippen LogP contribution >= 0.6 is 0 Å². The Bertz CT molecular complexity index is 1040. The van der Waals surface area contributed by atoms with Crippen LogP contribution in [0, 0.1) is 40.6 Å². The van der Waals surface area contributed by atoms with Gasteiger partial charge in [0.1, 0.15) is 6.04 Å². The van der Waals surface area contributed by atoms with Gasteiger partial charge in [0, 0.05) is 5.41 Å². The average molecular weight is 458 g/mol. The third-order valence-electron chi connectivity index (χ3n) is 7.73. The number of nitrogens with one attached hydrogen (secondary N) is 2. The zero-order valence-electron chi connectivity index (χ0n) is 17.9. The molecule has 4 aliphatic rings. The lowest BCUT2D eigenvalue weighted by Crippen LogP contribution is -2.55. The van der Waals surface area contributed by atoms with Gasteiger partial charge in [-0.2, -0.15) is 0 Å². The number of halogens is 3. The van der Waals surface area contributed by atoms with E-state index < -0.39 is 34.8 Å². The molecule has 0 saturated heterocycles. The maximum absolute atomic E-state index is 13.6. The quantitative estimate of drug-likeness (QED) is 0.347. The Morgan fingerprint density at radius 2 is 1.39 bits per heavy atom. The molecule has 6 rings (SSSR count). The first kappa shape index (κ1) is 21.9. The Kier molecular flexibility index (Phi) is 5.43. The third kappa shape index (κ3) is 3.90. The van der Waals surface area contributed by atoms with Crippen molar-refractivity contribution in [2.24, 2.45) is 23.2 Å². The first-order valence-electron chi connectivity index (χ1n) is 11.3. The fraction of sp³-hybridized carbons (Fsp3) is 0.440. The highest BCUT2D eigenvalue weighted by molar-refractivity contribution is 5.91. The number of carbonyl (C=O) groups excluding carboxylic acids is 2. The molecule has 0 heterocycles. The second kappa shape index (κ2) is 8.17. The Morgan fingerprint density at radius 1 is 0.879 bits per heavy atom. The Labute approximate surface area is 189 Å². The summed E-state index contributed by atoms with van der Waals surface area (Å²) < 4.78 is 40.4.